The predicted molar refractivity (Wildman–Crippen MR) is 140 cm³/mol. The molecule has 0 saturated heterocycles. The Bertz CT molecular complexity index is 1620. The van der Waals surface area contributed by atoms with Crippen molar-refractivity contribution in [3.63, 3.8) is 0 Å². The average Bonchev–Trinajstić information content (AvgIpc) is 2.87. The number of benzene rings is 3. The number of carbonyl (C=O) groups is 1. The van der Waals surface area contributed by atoms with Crippen LogP contribution in [0, 0.1) is 29.6 Å². The fourth-order valence-electron chi connectivity index (χ4n) is 4.10. The van der Waals surface area contributed by atoms with E-state index in [1.807, 2.05) is 74.5 Å². The van der Waals surface area contributed by atoms with Crippen LogP contribution in [0.25, 0.3) is 27.7 Å². The Balaban J connectivity index is 1.80. The molecule has 0 radical (unpaired) electrons. The molecule has 4 aromatic rings. The van der Waals surface area contributed by atoms with E-state index in [9.17, 15) is 20.1 Å². The number of aryl methyl sites for hydroxylation is 1. The summed E-state index contributed by atoms with van der Waals surface area (Å²) in [6.45, 7) is 2.56. The minimum Gasteiger partial charge on any atom is -0.351 e. The second-order valence-corrected chi connectivity index (χ2v) is 8.91. The van der Waals surface area contributed by atoms with Crippen molar-refractivity contribution < 1.29 is 4.79 Å². The van der Waals surface area contributed by atoms with Crippen LogP contribution in [-0.2, 0) is 11.3 Å². The van der Waals surface area contributed by atoms with Gasteiger partial charge in [-0.1, -0.05) is 36.4 Å². The Labute approximate surface area is 209 Å². The Morgan fingerprint density at radius 1 is 0.944 bits per heavy atom. The van der Waals surface area contributed by atoms with Crippen molar-refractivity contribution in [1.29, 1.82) is 10.5 Å². The summed E-state index contributed by atoms with van der Waals surface area (Å²) in [7, 11) is 3.69. The van der Waals surface area contributed by atoms with E-state index in [0.29, 0.717) is 29.9 Å². The molecule has 0 aliphatic heterocycles. The molecule has 3 aromatic carbocycles. The molecule has 0 aliphatic rings. The zero-order valence-electron chi connectivity index (χ0n) is 20.4. The zero-order chi connectivity index (χ0) is 25.8. The van der Waals surface area contributed by atoms with Crippen molar-refractivity contribution in [3.8, 4) is 29.0 Å². The van der Waals surface area contributed by atoms with E-state index in [1.54, 1.807) is 24.3 Å². The molecule has 0 unspecified atom stereocenters. The number of rotatable bonds is 6. The smallest absolute Gasteiger partial charge is 0.273 e. The molecule has 1 amide bonds. The van der Waals surface area contributed by atoms with Crippen LogP contribution in [0.15, 0.2) is 71.5 Å². The highest BCUT2D eigenvalue weighted by Crippen LogP contribution is 2.27. The molecule has 0 bridgehead atoms. The van der Waals surface area contributed by atoms with Gasteiger partial charge in [-0.25, -0.2) is 0 Å². The van der Waals surface area contributed by atoms with E-state index in [0.717, 1.165) is 27.6 Å². The summed E-state index contributed by atoms with van der Waals surface area (Å²) < 4.78 is 1.49. The lowest BCUT2D eigenvalue weighted by molar-refractivity contribution is -0.121. The number of hydrogen-bond donors (Lipinski definition) is 1. The van der Waals surface area contributed by atoms with Crippen LogP contribution in [0.2, 0.25) is 0 Å². The molecule has 0 saturated carbocycles. The normalized spacial score (nSPS) is 10.7. The molecule has 7 heteroatoms. The lowest BCUT2D eigenvalue weighted by atomic mass is 10.0. The first-order valence-electron chi connectivity index (χ1n) is 11.4. The maximum Gasteiger partial charge on any atom is 0.273 e. The summed E-state index contributed by atoms with van der Waals surface area (Å²) in [4.78, 5) is 27.1. The molecule has 0 atom stereocenters. The van der Waals surface area contributed by atoms with E-state index < -0.39 is 5.56 Å². The average molecular weight is 476 g/mol. The van der Waals surface area contributed by atoms with Gasteiger partial charge in [0.15, 0.2) is 0 Å². The van der Waals surface area contributed by atoms with Gasteiger partial charge in [0.1, 0.15) is 11.6 Å². The fourth-order valence-corrected chi connectivity index (χ4v) is 4.10. The molecule has 178 valence electrons. The number of hydrogen-bond acceptors (Lipinski definition) is 5. The molecule has 0 fully saturated rings. The van der Waals surface area contributed by atoms with Crippen LogP contribution < -0.4 is 10.9 Å². The van der Waals surface area contributed by atoms with E-state index in [1.165, 1.54) is 4.57 Å². The van der Waals surface area contributed by atoms with Crippen molar-refractivity contribution in [2.75, 3.05) is 20.6 Å². The van der Waals surface area contributed by atoms with Gasteiger partial charge in [-0.2, -0.15) is 10.5 Å². The van der Waals surface area contributed by atoms with Crippen LogP contribution in [0.3, 0.4) is 0 Å². The number of nitrogens with one attached hydrogen (secondary N) is 1. The van der Waals surface area contributed by atoms with Gasteiger partial charge in [0.2, 0.25) is 5.91 Å². The van der Waals surface area contributed by atoms with E-state index in [4.69, 9.17) is 0 Å². The lowest BCUT2D eigenvalue weighted by Crippen LogP contribution is -2.32. The highest BCUT2D eigenvalue weighted by Gasteiger charge is 2.14. The van der Waals surface area contributed by atoms with Crippen molar-refractivity contribution >= 4 is 16.8 Å². The molecule has 1 heterocycles. The quantitative estimate of drug-likeness (QED) is 0.456. The van der Waals surface area contributed by atoms with Crippen LogP contribution in [0.1, 0.15) is 22.3 Å². The van der Waals surface area contributed by atoms with Crippen LogP contribution in [-0.4, -0.2) is 36.0 Å². The Morgan fingerprint density at radius 3 is 2.42 bits per heavy atom. The lowest BCUT2D eigenvalue weighted by Gasteiger charge is -2.14. The largest absolute Gasteiger partial charge is 0.351 e. The van der Waals surface area contributed by atoms with E-state index in [-0.39, 0.29) is 11.5 Å². The highest BCUT2D eigenvalue weighted by molar-refractivity contribution is 5.87. The number of pyridine rings is 1. The zero-order valence-corrected chi connectivity index (χ0v) is 20.4. The second kappa shape index (κ2) is 10.3. The van der Waals surface area contributed by atoms with Gasteiger partial charge < -0.3 is 10.2 Å². The highest BCUT2D eigenvalue weighted by atomic mass is 16.2. The summed E-state index contributed by atoms with van der Waals surface area (Å²) in [5.41, 5.74) is 4.80. The second-order valence-electron chi connectivity index (χ2n) is 8.91. The van der Waals surface area contributed by atoms with Crippen molar-refractivity contribution in [3.05, 3.63) is 99.3 Å². The molecular formula is C29H25N5O2. The Morgan fingerprint density at radius 2 is 1.69 bits per heavy atom. The summed E-state index contributed by atoms with van der Waals surface area (Å²) >= 11 is 0. The molecule has 36 heavy (non-hydrogen) atoms. The summed E-state index contributed by atoms with van der Waals surface area (Å²) in [6.07, 6.45) is 0. The third-order valence-electron chi connectivity index (χ3n) is 5.93. The van der Waals surface area contributed by atoms with Crippen molar-refractivity contribution in [1.82, 2.24) is 14.8 Å². The molecule has 1 N–H and O–H groups in total. The number of aromatic nitrogens is 1. The van der Waals surface area contributed by atoms with Gasteiger partial charge in [-0.15, -0.1) is 0 Å². The summed E-state index contributed by atoms with van der Waals surface area (Å²) in [5, 5.41) is 22.7. The van der Waals surface area contributed by atoms with Crippen molar-refractivity contribution in [2.24, 2.45) is 0 Å². The third-order valence-corrected chi connectivity index (χ3v) is 5.93. The molecule has 0 aliphatic carbocycles. The topological polar surface area (TPSA) is 102 Å². The first-order chi connectivity index (χ1) is 17.3. The van der Waals surface area contributed by atoms with Crippen molar-refractivity contribution in [2.45, 2.75) is 13.5 Å². The maximum absolute atomic E-state index is 13.2. The van der Waals surface area contributed by atoms with Gasteiger partial charge in [-0.05, 0) is 73.6 Å². The minimum atomic E-state index is -0.438. The first-order valence-corrected chi connectivity index (χ1v) is 11.4. The van der Waals surface area contributed by atoms with Gasteiger partial charge in [0.25, 0.3) is 5.56 Å². The van der Waals surface area contributed by atoms with E-state index in [2.05, 4.69) is 11.4 Å². The summed E-state index contributed by atoms with van der Waals surface area (Å²) in [6, 6.07) is 24.6. The molecule has 1 aromatic heterocycles. The van der Waals surface area contributed by atoms with Crippen LogP contribution >= 0.6 is 0 Å². The number of amides is 1. The van der Waals surface area contributed by atoms with Gasteiger partial charge in [0.05, 0.1) is 29.4 Å². The standard InChI is InChI=1S/C29H25N5O2/c1-19-7-10-26(13-24(19)15-30)34-27-14-22(8-9-23(27)12-25(16-31)29(34)36)21-6-4-5-20(11-21)17-32-28(35)18-33(2)3/h4-14H,17-18H2,1-3H3,(H,32,35). The molecule has 7 nitrogen and oxygen atoms in total. The van der Waals surface area contributed by atoms with Crippen LogP contribution in [0.5, 0.6) is 0 Å². The van der Waals surface area contributed by atoms with Gasteiger partial charge >= 0.3 is 0 Å². The SMILES string of the molecule is Cc1ccc(-n2c(=O)c(C#N)cc3ccc(-c4cccc(CNC(=O)CN(C)C)c4)cc32)cc1C#N. The Kier molecular flexibility index (Phi) is 6.96. The van der Waals surface area contributed by atoms with E-state index >= 15 is 0 Å². The third kappa shape index (κ3) is 5.02. The van der Waals surface area contributed by atoms with Gasteiger partial charge in [-0.3, -0.25) is 14.2 Å². The Hall–Kier alpha value is -4.72. The maximum atomic E-state index is 13.2. The fraction of sp³-hybridized carbons (Fsp3) is 0.172. The molecule has 4 rings (SSSR count). The number of nitrogens with zero attached hydrogens (tertiary/aromatic N) is 4. The monoisotopic (exact) mass is 475 g/mol. The number of carbonyl (C=O) groups excluding carboxylic acids is 1. The van der Waals surface area contributed by atoms with Crippen LogP contribution in [0.4, 0.5) is 0 Å². The van der Waals surface area contributed by atoms with Gasteiger partial charge in [0, 0.05) is 11.9 Å². The number of fused-ring (bicyclic) bond motifs is 1. The minimum absolute atomic E-state index is 0.0322. The number of likely N-dealkylation sites (N-methyl/N-ethyl adjacent to an activating group) is 1. The molecular weight excluding hydrogens is 450 g/mol. The predicted octanol–water partition coefficient (Wildman–Crippen LogP) is 3.89. The molecule has 0 spiro atoms. The number of nitriles is 2. The summed E-state index contributed by atoms with van der Waals surface area (Å²) in [5.74, 6) is -0.0525. The first kappa shape index (κ1) is 24.4.